The molecule has 6 heteroatoms. The number of aliphatic imine (C=N–C) groups is 1. The van der Waals surface area contributed by atoms with Gasteiger partial charge in [-0.2, -0.15) is 0 Å². The number of carbonyl (C=O) groups is 1. The molecule has 0 unspecified atom stereocenters. The average molecular weight is 404 g/mol. The first kappa shape index (κ1) is 18.9. The van der Waals surface area contributed by atoms with E-state index in [9.17, 15) is 10.0 Å². The lowest BCUT2D eigenvalue weighted by Gasteiger charge is -2.24. The van der Waals surface area contributed by atoms with Gasteiger partial charge in [-0.15, -0.1) is 0 Å². The number of anilines is 1. The minimum absolute atomic E-state index is 0.0584. The fraction of sp³-hybridized carbons (Fsp3) is 0.0870. The third-order valence-electron chi connectivity index (χ3n) is 4.74. The molecule has 0 amide bonds. The SMILES string of the molecule is O=C(CN1CC(=NO)N=C(c2ccccc2)c2ccccc21)c1ccc(Cl)cc1. The van der Waals surface area contributed by atoms with Crippen LogP contribution in [-0.4, -0.2) is 35.6 Å². The molecule has 1 aliphatic rings. The van der Waals surface area contributed by atoms with Crippen LogP contribution in [0.3, 0.4) is 0 Å². The summed E-state index contributed by atoms with van der Waals surface area (Å²) in [6.45, 7) is 0.332. The molecule has 4 rings (SSSR count). The quantitative estimate of drug-likeness (QED) is 0.391. The molecule has 1 heterocycles. The van der Waals surface area contributed by atoms with Crippen LogP contribution in [0.5, 0.6) is 0 Å². The molecule has 0 spiro atoms. The van der Waals surface area contributed by atoms with Crippen LogP contribution in [0.15, 0.2) is 89.0 Å². The predicted molar refractivity (Wildman–Crippen MR) is 116 cm³/mol. The van der Waals surface area contributed by atoms with Gasteiger partial charge in [0.1, 0.15) is 0 Å². The zero-order chi connectivity index (χ0) is 20.2. The summed E-state index contributed by atoms with van der Waals surface area (Å²) in [7, 11) is 0. The first-order valence-electron chi connectivity index (χ1n) is 9.14. The number of benzodiazepines with no additional fused rings is 1. The molecule has 0 saturated carbocycles. The van der Waals surface area contributed by atoms with E-state index in [0.717, 1.165) is 16.8 Å². The number of benzene rings is 3. The summed E-state index contributed by atoms with van der Waals surface area (Å²) in [5, 5.41) is 13.5. The van der Waals surface area contributed by atoms with Gasteiger partial charge in [-0.1, -0.05) is 65.3 Å². The highest BCUT2D eigenvalue weighted by molar-refractivity contribution is 6.30. The number of nitrogens with zero attached hydrogens (tertiary/aromatic N) is 3. The van der Waals surface area contributed by atoms with Gasteiger partial charge < -0.3 is 10.1 Å². The van der Waals surface area contributed by atoms with Gasteiger partial charge in [0, 0.05) is 27.4 Å². The molecule has 1 aliphatic heterocycles. The van der Waals surface area contributed by atoms with E-state index in [2.05, 4.69) is 10.1 Å². The maximum atomic E-state index is 12.9. The molecule has 0 fully saturated rings. The van der Waals surface area contributed by atoms with Gasteiger partial charge in [-0.25, -0.2) is 4.99 Å². The van der Waals surface area contributed by atoms with Crippen molar-refractivity contribution in [3.05, 3.63) is 101 Å². The van der Waals surface area contributed by atoms with E-state index < -0.39 is 0 Å². The summed E-state index contributed by atoms with van der Waals surface area (Å²) in [5.41, 5.74) is 3.92. The third kappa shape index (κ3) is 4.05. The Balaban J connectivity index is 1.74. The highest BCUT2D eigenvalue weighted by Gasteiger charge is 2.24. The Morgan fingerprint density at radius 3 is 2.41 bits per heavy atom. The first-order valence-corrected chi connectivity index (χ1v) is 9.51. The number of rotatable bonds is 4. The lowest BCUT2D eigenvalue weighted by molar-refractivity contribution is 0.0999. The van der Waals surface area contributed by atoms with E-state index in [0.29, 0.717) is 16.3 Å². The number of amidine groups is 1. The van der Waals surface area contributed by atoms with Crippen molar-refractivity contribution in [2.45, 2.75) is 0 Å². The molecule has 3 aromatic carbocycles. The van der Waals surface area contributed by atoms with Crippen LogP contribution in [0.25, 0.3) is 0 Å². The Morgan fingerprint density at radius 2 is 1.69 bits per heavy atom. The zero-order valence-corrected chi connectivity index (χ0v) is 16.3. The number of hydrogen-bond donors (Lipinski definition) is 1. The van der Waals surface area contributed by atoms with Crippen molar-refractivity contribution in [3.8, 4) is 0 Å². The zero-order valence-electron chi connectivity index (χ0n) is 15.5. The van der Waals surface area contributed by atoms with E-state index in [-0.39, 0.29) is 24.7 Å². The highest BCUT2D eigenvalue weighted by atomic mass is 35.5. The molecule has 1 N–H and O–H groups in total. The standard InChI is InChI=1S/C23H18ClN3O2/c24-18-12-10-16(11-13-18)21(28)14-27-15-22(26-29)25-23(17-6-2-1-3-7-17)19-8-4-5-9-20(19)27/h1-13,29H,14-15H2. The Morgan fingerprint density at radius 1 is 1.00 bits per heavy atom. The maximum absolute atomic E-state index is 12.9. The summed E-state index contributed by atoms with van der Waals surface area (Å²) >= 11 is 5.93. The van der Waals surface area contributed by atoms with E-state index in [1.807, 2.05) is 59.5 Å². The number of fused-ring (bicyclic) bond motifs is 1. The van der Waals surface area contributed by atoms with E-state index >= 15 is 0 Å². The lowest BCUT2D eigenvalue weighted by atomic mass is 10.00. The molecule has 0 aliphatic carbocycles. The lowest BCUT2D eigenvalue weighted by Crippen LogP contribution is -2.34. The molecule has 29 heavy (non-hydrogen) atoms. The number of ketones is 1. The van der Waals surface area contributed by atoms with Crippen molar-refractivity contribution in [3.63, 3.8) is 0 Å². The van der Waals surface area contributed by atoms with Crippen LogP contribution in [0.4, 0.5) is 5.69 Å². The smallest absolute Gasteiger partial charge is 0.187 e. The van der Waals surface area contributed by atoms with Gasteiger partial charge >= 0.3 is 0 Å². The van der Waals surface area contributed by atoms with Gasteiger partial charge in [0.05, 0.1) is 18.8 Å². The minimum Gasteiger partial charge on any atom is -0.409 e. The van der Waals surface area contributed by atoms with Crippen molar-refractivity contribution in [1.82, 2.24) is 0 Å². The van der Waals surface area contributed by atoms with E-state index in [1.54, 1.807) is 24.3 Å². The molecule has 0 saturated heterocycles. The molecule has 5 nitrogen and oxygen atoms in total. The largest absolute Gasteiger partial charge is 0.409 e. The monoisotopic (exact) mass is 403 g/mol. The predicted octanol–water partition coefficient (Wildman–Crippen LogP) is 4.67. The molecule has 0 aromatic heterocycles. The van der Waals surface area contributed by atoms with Crippen molar-refractivity contribution < 1.29 is 10.0 Å². The van der Waals surface area contributed by atoms with Gasteiger partial charge in [0.25, 0.3) is 0 Å². The van der Waals surface area contributed by atoms with Gasteiger partial charge in [0.15, 0.2) is 11.6 Å². The fourth-order valence-electron chi connectivity index (χ4n) is 3.34. The fourth-order valence-corrected chi connectivity index (χ4v) is 3.47. The third-order valence-corrected chi connectivity index (χ3v) is 4.99. The van der Waals surface area contributed by atoms with Crippen molar-refractivity contribution in [2.24, 2.45) is 10.1 Å². The van der Waals surface area contributed by atoms with Crippen LogP contribution in [0, 0.1) is 0 Å². The second kappa shape index (κ2) is 8.29. The number of oxime groups is 1. The topological polar surface area (TPSA) is 65.3 Å². The molecule has 144 valence electrons. The second-order valence-electron chi connectivity index (χ2n) is 6.65. The van der Waals surface area contributed by atoms with Crippen molar-refractivity contribution in [2.75, 3.05) is 18.0 Å². The van der Waals surface area contributed by atoms with Gasteiger partial charge in [-0.05, 0) is 30.3 Å². The Hall–Kier alpha value is -3.44. The molecule has 3 aromatic rings. The first-order chi connectivity index (χ1) is 14.2. The second-order valence-corrected chi connectivity index (χ2v) is 7.08. The average Bonchev–Trinajstić information content (AvgIpc) is 2.92. The van der Waals surface area contributed by atoms with E-state index in [1.165, 1.54) is 0 Å². The van der Waals surface area contributed by atoms with Gasteiger partial charge in [-0.3, -0.25) is 4.79 Å². The summed E-state index contributed by atoms with van der Waals surface area (Å²) in [6, 6.07) is 24.3. The number of para-hydroxylation sites is 1. The Labute approximate surface area is 173 Å². The maximum Gasteiger partial charge on any atom is 0.187 e. The highest BCUT2D eigenvalue weighted by Crippen LogP contribution is 2.27. The number of Topliss-reactive ketones (excluding diaryl/α,β-unsaturated/α-hetero) is 1. The summed E-state index contributed by atoms with van der Waals surface area (Å²) in [6.07, 6.45) is 0. The Bertz CT molecular complexity index is 1090. The minimum atomic E-state index is -0.0584. The summed E-state index contributed by atoms with van der Waals surface area (Å²) < 4.78 is 0. The van der Waals surface area contributed by atoms with Gasteiger partial charge in [0.2, 0.25) is 0 Å². The number of halogens is 1. The van der Waals surface area contributed by atoms with Crippen LogP contribution < -0.4 is 4.90 Å². The normalized spacial score (nSPS) is 14.9. The van der Waals surface area contributed by atoms with Crippen LogP contribution in [0.2, 0.25) is 5.02 Å². The molecular weight excluding hydrogens is 386 g/mol. The number of hydrogen-bond acceptors (Lipinski definition) is 4. The van der Waals surface area contributed by atoms with Crippen LogP contribution in [0.1, 0.15) is 21.5 Å². The van der Waals surface area contributed by atoms with Crippen molar-refractivity contribution >= 4 is 34.6 Å². The summed E-state index contributed by atoms with van der Waals surface area (Å²) in [4.78, 5) is 19.3. The van der Waals surface area contributed by atoms with Crippen molar-refractivity contribution in [1.29, 1.82) is 0 Å². The Kier molecular flexibility index (Phi) is 5.40. The molecule has 0 radical (unpaired) electrons. The number of carbonyl (C=O) groups excluding carboxylic acids is 1. The summed E-state index contributed by atoms with van der Waals surface area (Å²) in [5.74, 6) is 0.181. The van der Waals surface area contributed by atoms with Crippen LogP contribution >= 0.6 is 11.6 Å². The molecule has 0 bridgehead atoms. The molecular formula is C23H18ClN3O2. The van der Waals surface area contributed by atoms with E-state index in [4.69, 9.17) is 11.6 Å². The van der Waals surface area contributed by atoms with Crippen LogP contribution in [-0.2, 0) is 0 Å². The molecule has 0 atom stereocenters.